The molecule has 0 aromatic carbocycles. The summed E-state index contributed by atoms with van der Waals surface area (Å²) in [5.74, 6) is 0. The summed E-state index contributed by atoms with van der Waals surface area (Å²) in [6, 6.07) is 0.551. The van der Waals surface area contributed by atoms with Gasteiger partial charge >= 0.3 is 0 Å². The predicted octanol–water partition coefficient (Wildman–Crippen LogP) is 2.00. The lowest BCUT2D eigenvalue weighted by Gasteiger charge is -2.43. The van der Waals surface area contributed by atoms with Crippen LogP contribution in [0.2, 0.25) is 0 Å². The van der Waals surface area contributed by atoms with Crippen LogP contribution in [0.3, 0.4) is 0 Å². The number of unbranched alkanes of at least 4 members (excludes halogenated alkanes) is 1. The summed E-state index contributed by atoms with van der Waals surface area (Å²) < 4.78 is 5.63. The van der Waals surface area contributed by atoms with Crippen LogP contribution >= 0.6 is 0 Å². The van der Waals surface area contributed by atoms with Gasteiger partial charge in [0.1, 0.15) is 0 Å². The molecule has 2 N–H and O–H groups in total. The minimum absolute atomic E-state index is 0.0396. The van der Waals surface area contributed by atoms with Crippen molar-refractivity contribution in [2.45, 2.75) is 57.6 Å². The summed E-state index contributed by atoms with van der Waals surface area (Å²) in [5, 5.41) is 0. The molecule has 1 aliphatic heterocycles. The lowest BCUT2D eigenvalue weighted by Crippen LogP contribution is -2.53. The molecular weight excluding hydrogens is 200 g/mol. The van der Waals surface area contributed by atoms with Gasteiger partial charge in [-0.05, 0) is 32.7 Å². The van der Waals surface area contributed by atoms with Gasteiger partial charge in [-0.2, -0.15) is 0 Å². The Bertz CT molecular complexity index is 198. The first-order valence-corrected chi connectivity index (χ1v) is 6.64. The Labute approximate surface area is 100 Å². The zero-order valence-electron chi connectivity index (χ0n) is 11.2. The van der Waals surface area contributed by atoms with Crippen molar-refractivity contribution in [1.82, 2.24) is 4.90 Å². The fourth-order valence-corrected chi connectivity index (χ4v) is 2.61. The first-order valence-electron chi connectivity index (χ1n) is 6.64. The summed E-state index contributed by atoms with van der Waals surface area (Å²) in [6.45, 7) is 7.45. The van der Waals surface area contributed by atoms with Gasteiger partial charge in [0, 0.05) is 26.2 Å². The zero-order chi connectivity index (χ0) is 12.0. The topological polar surface area (TPSA) is 38.5 Å². The normalized spacial score (nSPS) is 29.2. The molecule has 1 rings (SSSR count). The second-order valence-electron chi connectivity index (χ2n) is 5.26. The molecule has 0 aromatic heterocycles. The lowest BCUT2D eigenvalue weighted by atomic mass is 9.92. The average Bonchev–Trinajstić information content (AvgIpc) is 2.30. The minimum atomic E-state index is 0.0396. The first-order chi connectivity index (χ1) is 7.65. The second kappa shape index (κ2) is 6.58. The van der Waals surface area contributed by atoms with Crippen LogP contribution in [-0.4, -0.2) is 43.3 Å². The molecule has 2 unspecified atom stereocenters. The zero-order valence-corrected chi connectivity index (χ0v) is 11.2. The van der Waals surface area contributed by atoms with Crippen molar-refractivity contribution < 1.29 is 4.74 Å². The van der Waals surface area contributed by atoms with Gasteiger partial charge in [0.2, 0.25) is 0 Å². The molecule has 16 heavy (non-hydrogen) atoms. The van der Waals surface area contributed by atoms with Gasteiger partial charge in [0.05, 0.1) is 5.60 Å². The molecular formula is C13H28N2O. The number of piperidine rings is 1. The fourth-order valence-electron chi connectivity index (χ4n) is 2.61. The van der Waals surface area contributed by atoms with E-state index in [9.17, 15) is 0 Å². The second-order valence-corrected chi connectivity index (χ2v) is 5.26. The molecule has 2 atom stereocenters. The van der Waals surface area contributed by atoms with Gasteiger partial charge in [-0.15, -0.1) is 0 Å². The Morgan fingerprint density at radius 1 is 1.50 bits per heavy atom. The summed E-state index contributed by atoms with van der Waals surface area (Å²) in [4.78, 5) is 2.53. The van der Waals surface area contributed by atoms with Crippen LogP contribution in [0.25, 0.3) is 0 Å². The van der Waals surface area contributed by atoms with Crippen molar-refractivity contribution in [2.75, 3.05) is 26.7 Å². The maximum absolute atomic E-state index is 5.89. The molecule has 3 heteroatoms. The van der Waals surface area contributed by atoms with Crippen molar-refractivity contribution in [3.63, 3.8) is 0 Å². The van der Waals surface area contributed by atoms with Crippen LogP contribution in [0, 0.1) is 0 Å². The number of hydrogen-bond acceptors (Lipinski definition) is 3. The van der Waals surface area contributed by atoms with Gasteiger partial charge < -0.3 is 10.5 Å². The maximum Gasteiger partial charge on any atom is 0.0777 e. The van der Waals surface area contributed by atoms with E-state index < -0.39 is 0 Å². The Hall–Kier alpha value is -0.120. The summed E-state index contributed by atoms with van der Waals surface area (Å²) in [5.41, 5.74) is 5.93. The van der Waals surface area contributed by atoms with Crippen LogP contribution in [-0.2, 0) is 4.74 Å². The Morgan fingerprint density at radius 3 is 2.81 bits per heavy atom. The van der Waals surface area contributed by atoms with E-state index in [1.165, 1.54) is 38.6 Å². The van der Waals surface area contributed by atoms with Gasteiger partial charge in [0.15, 0.2) is 0 Å². The standard InChI is InChI=1S/C13H28N2O/c1-4-5-7-12(10-14)15-9-6-8-13(2,11-15)16-3/h12H,4-11,14H2,1-3H3. The third-order valence-electron chi connectivity index (χ3n) is 3.86. The molecule has 0 bridgehead atoms. The van der Waals surface area contributed by atoms with Gasteiger partial charge in [-0.3, -0.25) is 4.90 Å². The maximum atomic E-state index is 5.89. The first kappa shape index (κ1) is 13.9. The number of rotatable bonds is 6. The van der Waals surface area contributed by atoms with Crippen LogP contribution in [0.4, 0.5) is 0 Å². The van der Waals surface area contributed by atoms with Gasteiger partial charge in [-0.1, -0.05) is 19.8 Å². The highest BCUT2D eigenvalue weighted by Crippen LogP contribution is 2.26. The average molecular weight is 228 g/mol. The molecule has 96 valence electrons. The number of ether oxygens (including phenoxy) is 1. The third kappa shape index (κ3) is 3.72. The molecule has 1 aliphatic rings. The van der Waals surface area contributed by atoms with Gasteiger partial charge in [0.25, 0.3) is 0 Å². The van der Waals surface area contributed by atoms with E-state index in [2.05, 4.69) is 18.7 Å². The molecule has 0 radical (unpaired) electrons. The quantitative estimate of drug-likeness (QED) is 0.756. The van der Waals surface area contributed by atoms with Crippen molar-refractivity contribution in [3.05, 3.63) is 0 Å². The smallest absolute Gasteiger partial charge is 0.0777 e. The van der Waals surface area contributed by atoms with Crippen molar-refractivity contribution in [1.29, 1.82) is 0 Å². The van der Waals surface area contributed by atoms with Crippen molar-refractivity contribution >= 4 is 0 Å². The lowest BCUT2D eigenvalue weighted by molar-refractivity contribution is -0.0612. The highest BCUT2D eigenvalue weighted by molar-refractivity contribution is 4.88. The number of hydrogen-bond donors (Lipinski definition) is 1. The summed E-state index contributed by atoms with van der Waals surface area (Å²) in [6.07, 6.45) is 6.17. The van der Waals surface area contributed by atoms with Crippen LogP contribution in [0.15, 0.2) is 0 Å². The largest absolute Gasteiger partial charge is 0.377 e. The van der Waals surface area contributed by atoms with E-state index >= 15 is 0 Å². The Kier molecular flexibility index (Phi) is 5.73. The Morgan fingerprint density at radius 2 is 2.25 bits per heavy atom. The third-order valence-corrected chi connectivity index (χ3v) is 3.86. The number of nitrogens with zero attached hydrogens (tertiary/aromatic N) is 1. The van der Waals surface area contributed by atoms with E-state index in [1.807, 2.05) is 7.11 Å². The molecule has 1 fully saturated rings. The van der Waals surface area contributed by atoms with E-state index in [0.29, 0.717) is 6.04 Å². The number of methoxy groups -OCH3 is 1. The van der Waals surface area contributed by atoms with Gasteiger partial charge in [-0.25, -0.2) is 0 Å². The summed E-state index contributed by atoms with van der Waals surface area (Å²) in [7, 11) is 1.83. The molecule has 0 spiro atoms. The molecule has 0 saturated carbocycles. The highest BCUT2D eigenvalue weighted by Gasteiger charge is 2.33. The molecule has 0 amide bonds. The van der Waals surface area contributed by atoms with E-state index in [1.54, 1.807) is 0 Å². The molecule has 1 saturated heterocycles. The fraction of sp³-hybridized carbons (Fsp3) is 1.00. The highest BCUT2D eigenvalue weighted by atomic mass is 16.5. The number of nitrogens with two attached hydrogens (primary N) is 1. The van der Waals surface area contributed by atoms with Crippen molar-refractivity contribution in [3.8, 4) is 0 Å². The van der Waals surface area contributed by atoms with E-state index in [0.717, 1.165) is 13.1 Å². The predicted molar refractivity (Wildman–Crippen MR) is 68.6 cm³/mol. The summed E-state index contributed by atoms with van der Waals surface area (Å²) >= 11 is 0. The van der Waals surface area contributed by atoms with E-state index in [-0.39, 0.29) is 5.60 Å². The molecule has 0 aliphatic carbocycles. The molecule has 0 aromatic rings. The van der Waals surface area contributed by atoms with E-state index in [4.69, 9.17) is 10.5 Å². The van der Waals surface area contributed by atoms with Crippen LogP contribution in [0.1, 0.15) is 46.0 Å². The molecule has 3 nitrogen and oxygen atoms in total. The molecule has 1 heterocycles. The van der Waals surface area contributed by atoms with Crippen LogP contribution in [0.5, 0.6) is 0 Å². The van der Waals surface area contributed by atoms with Crippen LogP contribution < -0.4 is 5.73 Å². The minimum Gasteiger partial charge on any atom is -0.377 e. The Balaban J connectivity index is 2.50. The number of likely N-dealkylation sites (tertiary alicyclic amines) is 1. The van der Waals surface area contributed by atoms with Crippen molar-refractivity contribution in [2.24, 2.45) is 5.73 Å². The monoisotopic (exact) mass is 228 g/mol. The SMILES string of the molecule is CCCCC(CN)N1CCCC(C)(OC)C1.